The molecule has 0 heterocycles. The summed E-state index contributed by atoms with van der Waals surface area (Å²) in [7, 11) is 0. The van der Waals surface area contributed by atoms with Gasteiger partial charge in [0.1, 0.15) is 0 Å². The number of hydrogen-bond acceptors (Lipinski definition) is 5. The number of unbranched alkanes of at least 4 members (excludes halogenated alkanes) is 37. The van der Waals surface area contributed by atoms with Crippen molar-refractivity contribution < 1.29 is 24.5 Å². The van der Waals surface area contributed by atoms with Crippen LogP contribution in [0.3, 0.4) is 0 Å². The van der Waals surface area contributed by atoms with Gasteiger partial charge in [0.25, 0.3) is 0 Å². The minimum Gasteiger partial charge on any atom is -0.466 e. The van der Waals surface area contributed by atoms with E-state index in [4.69, 9.17) is 4.74 Å². The summed E-state index contributed by atoms with van der Waals surface area (Å²) >= 11 is 0. The maximum Gasteiger partial charge on any atom is 0.305 e. The predicted octanol–water partition coefficient (Wildman–Crippen LogP) is 17.1. The summed E-state index contributed by atoms with van der Waals surface area (Å²) in [5.74, 6) is -0.0381. The Balaban J connectivity index is 3.37. The first-order valence-corrected chi connectivity index (χ1v) is 28.1. The lowest BCUT2D eigenvalue weighted by Crippen LogP contribution is -2.45. The number of allylic oxidation sites excluding steroid dienone is 4. The molecule has 0 aliphatic rings. The molecule has 0 aromatic rings. The summed E-state index contributed by atoms with van der Waals surface area (Å²) in [6.45, 7) is 4.91. The number of hydrogen-bond donors (Lipinski definition) is 3. The molecule has 6 heteroatoms. The molecule has 63 heavy (non-hydrogen) atoms. The van der Waals surface area contributed by atoms with Crippen molar-refractivity contribution in [3.05, 3.63) is 24.3 Å². The monoisotopic (exact) mass is 888 g/mol. The second kappa shape index (κ2) is 53.0. The summed E-state index contributed by atoms with van der Waals surface area (Å²) in [5, 5.41) is 23.1. The average molecular weight is 889 g/mol. The van der Waals surface area contributed by atoms with Crippen molar-refractivity contribution >= 4 is 11.9 Å². The molecule has 0 saturated heterocycles. The van der Waals surface area contributed by atoms with Crippen LogP contribution in [-0.2, 0) is 14.3 Å². The Kier molecular flexibility index (Phi) is 51.6. The summed E-state index contributed by atoms with van der Waals surface area (Å²) in [6.07, 6.45) is 63.1. The number of amides is 1. The van der Waals surface area contributed by atoms with Crippen LogP contribution in [0.25, 0.3) is 0 Å². The molecular weight excluding hydrogens is 779 g/mol. The maximum atomic E-state index is 12.4. The number of carbonyl (C=O) groups excluding carboxylic acids is 2. The van der Waals surface area contributed by atoms with Gasteiger partial charge < -0.3 is 20.3 Å². The van der Waals surface area contributed by atoms with Gasteiger partial charge in [0.05, 0.1) is 25.4 Å². The Bertz CT molecular complexity index is 982. The summed E-state index contributed by atoms with van der Waals surface area (Å²) in [4.78, 5) is 24.5. The second-order valence-corrected chi connectivity index (χ2v) is 19.3. The number of aliphatic hydroxyl groups excluding tert-OH is 2. The van der Waals surface area contributed by atoms with Crippen molar-refractivity contribution in [2.75, 3.05) is 13.2 Å². The van der Waals surface area contributed by atoms with E-state index in [1.54, 1.807) is 0 Å². The van der Waals surface area contributed by atoms with E-state index < -0.39 is 12.1 Å². The van der Waals surface area contributed by atoms with Gasteiger partial charge in [-0.15, -0.1) is 0 Å². The average Bonchev–Trinajstić information content (AvgIpc) is 3.28. The fraction of sp³-hybridized carbons (Fsp3) is 0.895. The highest BCUT2D eigenvalue weighted by Crippen LogP contribution is 2.17. The van der Waals surface area contributed by atoms with Crippen molar-refractivity contribution in [2.45, 2.75) is 315 Å². The van der Waals surface area contributed by atoms with Crippen LogP contribution in [0, 0.1) is 0 Å². The number of rotatable bonds is 52. The zero-order chi connectivity index (χ0) is 45.8. The Morgan fingerprint density at radius 2 is 0.794 bits per heavy atom. The minimum atomic E-state index is -0.664. The lowest BCUT2D eigenvalue weighted by atomic mass is 10.0. The van der Waals surface area contributed by atoms with E-state index in [0.29, 0.717) is 25.9 Å². The number of esters is 1. The highest BCUT2D eigenvalue weighted by atomic mass is 16.5. The summed E-state index contributed by atoms with van der Waals surface area (Å²) < 4.78 is 5.48. The van der Waals surface area contributed by atoms with Crippen LogP contribution in [0.1, 0.15) is 303 Å². The van der Waals surface area contributed by atoms with Crippen molar-refractivity contribution in [2.24, 2.45) is 0 Å². The van der Waals surface area contributed by atoms with Gasteiger partial charge in [0, 0.05) is 12.8 Å². The molecule has 6 nitrogen and oxygen atoms in total. The van der Waals surface area contributed by atoms with Crippen LogP contribution < -0.4 is 5.32 Å². The normalized spacial score (nSPS) is 12.8. The largest absolute Gasteiger partial charge is 0.466 e. The van der Waals surface area contributed by atoms with Gasteiger partial charge in [0.2, 0.25) is 5.91 Å². The third kappa shape index (κ3) is 49.6. The van der Waals surface area contributed by atoms with E-state index in [2.05, 4.69) is 43.5 Å². The van der Waals surface area contributed by atoms with Crippen molar-refractivity contribution in [1.82, 2.24) is 5.32 Å². The van der Waals surface area contributed by atoms with E-state index in [1.165, 1.54) is 218 Å². The number of nitrogens with one attached hydrogen (secondary N) is 1. The Morgan fingerprint density at radius 1 is 0.444 bits per heavy atom. The van der Waals surface area contributed by atoms with Crippen LogP contribution in [0.4, 0.5) is 0 Å². The first kappa shape index (κ1) is 61.3. The molecule has 0 aromatic heterocycles. The standard InChI is InChI=1S/C57H109NO5/c1-3-5-7-9-11-13-15-16-17-21-25-28-31-35-39-43-47-51-57(62)63-52-48-44-40-36-32-29-26-23-20-18-19-22-24-27-30-34-38-42-46-50-56(61)58-54(53-59)55(60)49-45-41-37-33-14-12-10-8-6-4-2/h11,13,16-17,54-55,59-60H,3-10,12,14-15,18-53H2,1-2H3,(H,58,61)/b13-11-,17-16-. The predicted molar refractivity (Wildman–Crippen MR) is 273 cm³/mol. The third-order valence-electron chi connectivity index (χ3n) is 13.0. The van der Waals surface area contributed by atoms with Crippen molar-refractivity contribution in [3.8, 4) is 0 Å². The summed E-state index contributed by atoms with van der Waals surface area (Å²) in [5.41, 5.74) is 0. The van der Waals surface area contributed by atoms with Crippen LogP contribution in [0.15, 0.2) is 24.3 Å². The quantitative estimate of drug-likeness (QED) is 0.0321. The Hall–Kier alpha value is -1.66. The van der Waals surface area contributed by atoms with Gasteiger partial charge in [-0.25, -0.2) is 0 Å². The Labute approximate surface area is 392 Å². The van der Waals surface area contributed by atoms with E-state index in [-0.39, 0.29) is 18.5 Å². The minimum absolute atomic E-state index is 0.00123. The SMILES string of the molecule is CCCCC/C=C\C/C=C\CCCCCCCCCC(=O)OCCCCCCCCCCCCCCCCCCCCCC(=O)NC(CO)C(O)CCCCCCCCCCCC. The molecule has 0 saturated carbocycles. The van der Waals surface area contributed by atoms with Gasteiger partial charge in [-0.2, -0.15) is 0 Å². The number of ether oxygens (including phenoxy) is 1. The molecule has 372 valence electrons. The fourth-order valence-corrected chi connectivity index (χ4v) is 8.67. The molecule has 0 radical (unpaired) electrons. The van der Waals surface area contributed by atoms with Crippen LogP contribution >= 0.6 is 0 Å². The molecule has 1 amide bonds. The molecule has 0 fully saturated rings. The van der Waals surface area contributed by atoms with Gasteiger partial charge >= 0.3 is 5.97 Å². The molecule has 0 rings (SSSR count). The first-order valence-electron chi connectivity index (χ1n) is 28.1. The molecule has 0 aromatic carbocycles. The Morgan fingerprint density at radius 3 is 1.24 bits per heavy atom. The summed E-state index contributed by atoms with van der Waals surface area (Å²) in [6, 6.07) is -0.542. The van der Waals surface area contributed by atoms with Crippen LogP contribution in [0.5, 0.6) is 0 Å². The lowest BCUT2D eigenvalue weighted by molar-refractivity contribution is -0.143. The van der Waals surface area contributed by atoms with E-state index in [1.807, 2.05) is 0 Å². The molecule has 2 unspecified atom stereocenters. The first-order chi connectivity index (χ1) is 31.0. The van der Waals surface area contributed by atoms with Gasteiger partial charge in [0.15, 0.2) is 0 Å². The van der Waals surface area contributed by atoms with Gasteiger partial charge in [-0.05, 0) is 57.8 Å². The molecule has 2 atom stereocenters. The third-order valence-corrected chi connectivity index (χ3v) is 13.0. The molecule has 3 N–H and O–H groups in total. The topological polar surface area (TPSA) is 95.9 Å². The number of carbonyl (C=O) groups is 2. The molecule has 0 spiro atoms. The highest BCUT2D eigenvalue weighted by Gasteiger charge is 2.20. The van der Waals surface area contributed by atoms with E-state index in [0.717, 1.165) is 51.4 Å². The van der Waals surface area contributed by atoms with Crippen molar-refractivity contribution in [3.63, 3.8) is 0 Å². The smallest absolute Gasteiger partial charge is 0.305 e. The number of aliphatic hydroxyl groups is 2. The van der Waals surface area contributed by atoms with E-state index >= 15 is 0 Å². The second-order valence-electron chi connectivity index (χ2n) is 19.3. The zero-order valence-corrected chi connectivity index (χ0v) is 42.3. The fourth-order valence-electron chi connectivity index (χ4n) is 8.67. The van der Waals surface area contributed by atoms with Gasteiger partial charge in [-0.1, -0.05) is 256 Å². The molecular formula is C57H109NO5. The highest BCUT2D eigenvalue weighted by molar-refractivity contribution is 5.76. The zero-order valence-electron chi connectivity index (χ0n) is 42.3. The van der Waals surface area contributed by atoms with Crippen LogP contribution in [0.2, 0.25) is 0 Å². The molecule has 0 aliphatic carbocycles. The van der Waals surface area contributed by atoms with Crippen LogP contribution in [-0.4, -0.2) is 47.4 Å². The molecule has 0 aliphatic heterocycles. The lowest BCUT2D eigenvalue weighted by Gasteiger charge is -2.22. The maximum absolute atomic E-state index is 12.4. The molecule has 0 bridgehead atoms. The van der Waals surface area contributed by atoms with Crippen molar-refractivity contribution in [1.29, 1.82) is 0 Å². The van der Waals surface area contributed by atoms with E-state index in [9.17, 15) is 19.8 Å². The van der Waals surface area contributed by atoms with Gasteiger partial charge in [-0.3, -0.25) is 9.59 Å².